The maximum Gasteiger partial charge on any atom is 0.355 e. The fourth-order valence-corrected chi connectivity index (χ4v) is 5.10. The Kier molecular flexibility index (Phi) is 8.59. The summed E-state index contributed by atoms with van der Waals surface area (Å²) in [5.41, 5.74) is 1.91. The van der Waals surface area contributed by atoms with Crippen molar-refractivity contribution in [2.24, 2.45) is 5.92 Å². The third-order valence-electron chi connectivity index (χ3n) is 5.22. The Hall–Kier alpha value is -3.46. The molecule has 0 aliphatic heterocycles. The first-order valence-electron chi connectivity index (χ1n) is 11.1. The number of rotatable bonds is 8. The molecule has 34 heavy (non-hydrogen) atoms. The lowest BCUT2D eigenvalue weighted by molar-refractivity contribution is -0.144. The largest absolute Gasteiger partial charge is 0.462 e. The van der Waals surface area contributed by atoms with Gasteiger partial charge in [-0.15, -0.1) is 11.3 Å². The molecule has 2 N–H and O–H groups in total. The van der Waals surface area contributed by atoms with E-state index < -0.39 is 30.4 Å². The molecule has 1 aliphatic carbocycles. The predicted octanol–water partition coefficient (Wildman–Crippen LogP) is 3.71. The summed E-state index contributed by atoms with van der Waals surface area (Å²) in [5.74, 6) is -1.86. The topological polar surface area (TPSA) is 111 Å². The number of benzene rings is 1. The Morgan fingerprint density at radius 2 is 1.88 bits per heavy atom. The van der Waals surface area contributed by atoms with Gasteiger partial charge >= 0.3 is 11.9 Å². The summed E-state index contributed by atoms with van der Waals surface area (Å²) in [6, 6.07) is 8.93. The Bertz CT molecular complexity index is 1110. The zero-order chi connectivity index (χ0) is 24.7. The first-order chi connectivity index (χ1) is 16.3. The molecule has 0 bridgehead atoms. The normalized spacial score (nSPS) is 15.1. The van der Waals surface area contributed by atoms with Crippen LogP contribution in [0.4, 0.5) is 5.00 Å². The molecule has 1 atom stereocenters. The van der Waals surface area contributed by atoms with Gasteiger partial charge in [-0.3, -0.25) is 9.59 Å². The van der Waals surface area contributed by atoms with E-state index in [1.54, 1.807) is 31.2 Å². The Morgan fingerprint density at radius 1 is 1.15 bits per heavy atom. The number of esters is 2. The highest BCUT2D eigenvalue weighted by Crippen LogP contribution is 2.40. The number of fused-ring (bicyclic) bond motifs is 1. The van der Waals surface area contributed by atoms with Gasteiger partial charge in [-0.2, -0.15) is 0 Å². The zero-order valence-corrected chi connectivity index (χ0v) is 20.3. The van der Waals surface area contributed by atoms with Crippen molar-refractivity contribution in [1.29, 1.82) is 0 Å². The van der Waals surface area contributed by atoms with Gasteiger partial charge in [0.2, 0.25) is 5.91 Å². The summed E-state index contributed by atoms with van der Waals surface area (Å²) < 4.78 is 10.3. The highest BCUT2D eigenvalue weighted by atomic mass is 32.1. The number of amides is 2. The molecule has 1 aliphatic rings. The number of carbonyl (C=O) groups is 4. The second-order valence-electron chi connectivity index (χ2n) is 8.05. The summed E-state index contributed by atoms with van der Waals surface area (Å²) in [6.45, 7) is 4.80. The predicted molar refractivity (Wildman–Crippen MR) is 129 cm³/mol. The maximum absolute atomic E-state index is 12.6. The van der Waals surface area contributed by atoms with E-state index in [0.29, 0.717) is 22.0 Å². The van der Waals surface area contributed by atoms with Crippen molar-refractivity contribution < 1.29 is 28.7 Å². The Balaban J connectivity index is 1.71. The highest BCUT2D eigenvalue weighted by Gasteiger charge is 2.29. The zero-order valence-electron chi connectivity index (χ0n) is 19.4. The van der Waals surface area contributed by atoms with Gasteiger partial charge < -0.3 is 20.1 Å². The number of hydrogen-bond donors (Lipinski definition) is 2. The van der Waals surface area contributed by atoms with Crippen LogP contribution in [0.5, 0.6) is 0 Å². The van der Waals surface area contributed by atoms with Gasteiger partial charge in [0.25, 0.3) is 5.91 Å². The van der Waals surface area contributed by atoms with Crippen LogP contribution in [-0.4, -0.2) is 37.0 Å². The van der Waals surface area contributed by atoms with Gasteiger partial charge in [0, 0.05) is 11.8 Å². The first kappa shape index (κ1) is 25.2. The molecular weight excluding hydrogens is 456 g/mol. The SMILES string of the molecule is CCOC(=O)c1c(NC(=O)COC(=O)C(=Cc2ccccc2)NC(C)=O)sc2c1CCC(C)C2. The average Bonchev–Trinajstić information content (AvgIpc) is 3.14. The van der Waals surface area contributed by atoms with Crippen molar-refractivity contribution in [2.45, 2.75) is 40.0 Å². The molecule has 0 saturated heterocycles. The van der Waals surface area contributed by atoms with Crippen LogP contribution in [0.3, 0.4) is 0 Å². The van der Waals surface area contributed by atoms with Crippen LogP contribution in [0.1, 0.15) is 53.6 Å². The van der Waals surface area contributed by atoms with E-state index in [4.69, 9.17) is 9.47 Å². The van der Waals surface area contributed by atoms with Crippen molar-refractivity contribution in [3.8, 4) is 0 Å². The molecule has 1 aromatic carbocycles. The number of thiophene rings is 1. The van der Waals surface area contributed by atoms with E-state index in [2.05, 4.69) is 17.6 Å². The van der Waals surface area contributed by atoms with E-state index in [-0.39, 0.29) is 12.3 Å². The van der Waals surface area contributed by atoms with Gasteiger partial charge in [0.1, 0.15) is 10.7 Å². The van der Waals surface area contributed by atoms with Crippen molar-refractivity contribution in [3.63, 3.8) is 0 Å². The monoisotopic (exact) mass is 484 g/mol. The van der Waals surface area contributed by atoms with Crippen LogP contribution in [0.15, 0.2) is 36.0 Å². The molecule has 180 valence electrons. The number of carbonyl (C=O) groups excluding carboxylic acids is 4. The smallest absolute Gasteiger partial charge is 0.355 e. The summed E-state index contributed by atoms with van der Waals surface area (Å²) in [7, 11) is 0. The van der Waals surface area contributed by atoms with E-state index in [1.807, 2.05) is 6.07 Å². The maximum atomic E-state index is 12.6. The molecule has 0 saturated carbocycles. The molecule has 0 fully saturated rings. The quantitative estimate of drug-likeness (QED) is 0.437. The van der Waals surface area contributed by atoms with E-state index in [9.17, 15) is 19.2 Å². The fourth-order valence-electron chi connectivity index (χ4n) is 3.68. The fraction of sp³-hybridized carbons (Fsp3) is 0.360. The molecular formula is C25H28N2O6S. The van der Waals surface area contributed by atoms with E-state index in [1.165, 1.54) is 24.3 Å². The van der Waals surface area contributed by atoms with Gasteiger partial charge in [0.05, 0.1) is 12.2 Å². The van der Waals surface area contributed by atoms with E-state index >= 15 is 0 Å². The first-order valence-corrected chi connectivity index (χ1v) is 11.9. The van der Waals surface area contributed by atoms with Crippen molar-refractivity contribution >= 4 is 46.2 Å². The van der Waals surface area contributed by atoms with Crippen LogP contribution < -0.4 is 10.6 Å². The molecule has 3 rings (SSSR count). The minimum absolute atomic E-state index is 0.0840. The Labute approximate surface area is 202 Å². The minimum Gasteiger partial charge on any atom is -0.462 e. The van der Waals surface area contributed by atoms with Crippen LogP contribution in [0, 0.1) is 5.92 Å². The minimum atomic E-state index is -0.848. The standard InChI is InChI=1S/C25H28N2O6S/c1-4-32-25(31)22-18-11-10-15(2)12-20(18)34-23(22)27-21(29)14-33-24(30)19(26-16(3)28)13-17-8-6-5-7-9-17/h5-9,13,15H,4,10-12,14H2,1-3H3,(H,26,28)(H,27,29). The molecule has 2 amide bonds. The number of hydrogen-bond acceptors (Lipinski definition) is 7. The summed E-state index contributed by atoms with van der Waals surface area (Å²) in [6.07, 6.45) is 4.01. The molecule has 9 heteroatoms. The van der Waals surface area contributed by atoms with Crippen molar-refractivity contribution in [1.82, 2.24) is 5.32 Å². The van der Waals surface area contributed by atoms with Crippen LogP contribution in [0.2, 0.25) is 0 Å². The molecule has 0 radical (unpaired) electrons. The van der Waals surface area contributed by atoms with Crippen LogP contribution >= 0.6 is 11.3 Å². The molecule has 1 heterocycles. The highest BCUT2D eigenvalue weighted by molar-refractivity contribution is 7.17. The second-order valence-corrected chi connectivity index (χ2v) is 9.16. The van der Waals surface area contributed by atoms with Gasteiger partial charge in [-0.05, 0) is 49.3 Å². The lowest BCUT2D eigenvalue weighted by atomic mass is 9.88. The number of anilines is 1. The summed E-state index contributed by atoms with van der Waals surface area (Å²) >= 11 is 1.36. The van der Waals surface area contributed by atoms with E-state index in [0.717, 1.165) is 29.7 Å². The molecule has 1 unspecified atom stereocenters. The van der Waals surface area contributed by atoms with Crippen molar-refractivity contribution in [3.05, 3.63) is 57.6 Å². The van der Waals surface area contributed by atoms with Gasteiger partial charge in [0.15, 0.2) is 6.61 Å². The lowest BCUT2D eigenvalue weighted by Gasteiger charge is -2.18. The number of nitrogens with one attached hydrogen (secondary N) is 2. The number of ether oxygens (including phenoxy) is 2. The molecule has 2 aromatic rings. The molecule has 0 spiro atoms. The summed E-state index contributed by atoms with van der Waals surface area (Å²) in [5, 5.41) is 5.54. The van der Waals surface area contributed by atoms with Crippen LogP contribution in [0.25, 0.3) is 6.08 Å². The van der Waals surface area contributed by atoms with Gasteiger partial charge in [-0.1, -0.05) is 37.3 Å². The summed E-state index contributed by atoms with van der Waals surface area (Å²) in [4.78, 5) is 50.3. The molecule has 1 aromatic heterocycles. The third kappa shape index (κ3) is 6.54. The average molecular weight is 485 g/mol. The van der Waals surface area contributed by atoms with Crippen LogP contribution in [-0.2, 0) is 36.7 Å². The second kappa shape index (κ2) is 11.6. The third-order valence-corrected chi connectivity index (χ3v) is 6.39. The Morgan fingerprint density at radius 3 is 2.56 bits per heavy atom. The molecule has 8 nitrogen and oxygen atoms in total. The lowest BCUT2D eigenvalue weighted by Crippen LogP contribution is -2.29. The van der Waals surface area contributed by atoms with Crippen molar-refractivity contribution in [2.75, 3.05) is 18.5 Å². The van der Waals surface area contributed by atoms with Gasteiger partial charge in [-0.25, -0.2) is 9.59 Å².